The van der Waals surface area contributed by atoms with Crippen molar-refractivity contribution in [2.45, 2.75) is 38.6 Å². The van der Waals surface area contributed by atoms with E-state index < -0.39 is 0 Å². The Bertz CT molecular complexity index is 1310. The fourth-order valence-electron chi connectivity index (χ4n) is 4.65. The van der Waals surface area contributed by atoms with Crippen LogP contribution < -0.4 is 10.6 Å². The first kappa shape index (κ1) is 21.9. The number of amides is 2. The number of pyridine rings is 1. The lowest BCUT2D eigenvalue weighted by Crippen LogP contribution is -2.41. The topological polar surface area (TPSA) is 86.9 Å². The van der Waals surface area contributed by atoms with Crippen LogP contribution in [-0.2, 0) is 0 Å². The molecule has 6 nitrogen and oxygen atoms in total. The number of H-pyrrole nitrogens is 1. The van der Waals surface area contributed by atoms with Gasteiger partial charge in [-0.3, -0.25) is 14.6 Å². The Hall–Kier alpha value is -3.93. The van der Waals surface area contributed by atoms with Gasteiger partial charge in [0.25, 0.3) is 11.8 Å². The van der Waals surface area contributed by atoms with Crippen LogP contribution in [0, 0.1) is 5.92 Å². The minimum atomic E-state index is -0.172. The Labute approximate surface area is 198 Å². The van der Waals surface area contributed by atoms with Gasteiger partial charge in [0.05, 0.1) is 0 Å². The standard InChI is InChI=1S/C28H28N4O2/c1-18-4-2-3-5-24(18)32-28(34)21-8-11-25-22(16-21)17-26(31-25)19-6-9-23(10-7-19)30-27(33)20-12-14-29-15-13-20/h6-18,24,31H,2-5H2,1H3,(H,30,33)(H,32,34). The summed E-state index contributed by atoms with van der Waals surface area (Å²) in [6.45, 7) is 2.22. The van der Waals surface area contributed by atoms with Crippen molar-refractivity contribution in [1.82, 2.24) is 15.3 Å². The molecule has 2 amide bonds. The van der Waals surface area contributed by atoms with E-state index in [0.717, 1.165) is 34.3 Å². The molecule has 0 saturated heterocycles. The number of hydrogen-bond donors (Lipinski definition) is 3. The Balaban J connectivity index is 1.29. The first-order chi connectivity index (χ1) is 16.6. The fourth-order valence-corrected chi connectivity index (χ4v) is 4.65. The van der Waals surface area contributed by atoms with E-state index in [-0.39, 0.29) is 17.9 Å². The zero-order valence-electron chi connectivity index (χ0n) is 19.2. The maximum absolute atomic E-state index is 12.8. The second-order valence-electron chi connectivity index (χ2n) is 9.09. The minimum absolute atomic E-state index is 0.00214. The summed E-state index contributed by atoms with van der Waals surface area (Å²) in [6.07, 6.45) is 7.87. The first-order valence-electron chi connectivity index (χ1n) is 11.8. The zero-order chi connectivity index (χ0) is 23.5. The van der Waals surface area contributed by atoms with Crippen molar-refractivity contribution >= 4 is 28.4 Å². The molecule has 172 valence electrons. The largest absolute Gasteiger partial charge is 0.355 e. The van der Waals surface area contributed by atoms with E-state index in [2.05, 4.69) is 33.6 Å². The van der Waals surface area contributed by atoms with E-state index in [1.165, 1.54) is 19.3 Å². The lowest BCUT2D eigenvalue weighted by Gasteiger charge is -2.29. The predicted octanol–water partition coefficient (Wildman–Crippen LogP) is 5.79. The molecule has 0 bridgehead atoms. The van der Waals surface area contributed by atoms with E-state index in [4.69, 9.17) is 0 Å². The second-order valence-corrected chi connectivity index (χ2v) is 9.09. The lowest BCUT2D eigenvalue weighted by atomic mass is 9.86. The molecule has 5 rings (SSSR count). The minimum Gasteiger partial charge on any atom is -0.355 e. The summed E-state index contributed by atoms with van der Waals surface area (Å²) >= 11 is 0. The summed E-state index contributed by atoms with van der Waals surface area (Å²) in [6, 6.07) is 19.1. The molecule has 4 aromatic rings. The Morgan fingerprint density at radius 3 is 2.41 bits per heavy atom. The van der Waals surface area contributed by atoms with Crippen molar-refractivity contribution in [2.24, 2.45) is 5.92 Å². The molecule has 2 heterocycles. The third-order valence-electron chi connectivity index (χ3n) is 6.71. The van der Waals surface area contributed by atoms with Crippen molar-refractivity contribution in [3.05, 3.63) is 84.2 Å². The number of fused-ring (bicyclic) bond motifs is 1. The van der Waals surface area contributed by atoms with E-state index >= 15 is 0 Å². The molecule has 0 radical (unpaired) electrons. The van der Waals surface area contributed by atoms with Gasteiger partial charge in [-0.1, -0.05) is 31.9 Å². The molecule has 0 aliphatic heterocycles. The monoisotopic (exact) mass is 452 g/mol. The second kappa shape index (κ2) is 9.51. The smallest absolute Gasteiger partial charge is 0.255 e. The quantitative estimate of drug-likeness (QED) is 0.358. The summed E-state index contributed by atoms with van der Waals surface area (Å²) in [4.78, 5) is 32.5. The molecule has 1 saturated carbocycles. The average Bonchev–Trinajstić information content (AvgIpc) is 3.30. The molecular weight excluding hydrogens is 424 g/mol. The van der Waals surface area contributed by atoms with Crippen LogP contribution in [0.15, 0.2) is 73.1 Å². The number of carbonyl (C=O) groups excluding carboxylic acids is 2. The Morgan fingerprint density at radius 1 is 0.882 bits per heavy atom. The van der Waals surface area contributed by atoms with Crippen LogP contribution in [0.25, 0.3) is 22.2 Å². The van der Waals surface area contributed by atoms with Gasteiger partial charge >= 0.3 is 0 Å². The Morgan fingerprint density at radius 2 is 1.65 bits per heavy atom. The van der Waals surface area contributed by atoms with Crippen molar-refractivity contribution < 1.29 is 9.59 Å². The van der Waals surface area contributed by atoms with Gasteiger partial charge in [-0.05, 0) is 72.9 Å². The summed E-state index contributed by atoms with van der Waals surface area (Å²) in [5, 5.41) is 7.13. The van der Waals surface area contributed by atoms with Crippen LogP contribution in [-0.4, -0.2) is 27.8 Å². The summed E-state index contributed by atoms with van der Waals surface area (Å²) in [5.41, 5.74) is 4.91. The SMILES string of the molecule is CC1CCCCC1NC(=O)c1ccc2[nH]c(-c3ccc(NC(=O)c4ccncc4)cc3)cc2c1. The van der Waals surface area contributed by atoms with Crippen molar-refractivity contribution in [1.29, 1.82) is 0 Å². The molecule has 0 spiro atoms. The van der Waals surface area contributed by atoms with Crippen LogP contribution in [0.3, 0.4) is 0 Å². The summed E-state index contributed by atoms with van der Waals surface area (Å²) in [7, 11) is 0. The lowest BCUT2D eigenvalue weighted by molar-refractivity contribution is 0.0910. The highest BCUT2D eigenvalue weighted by Crippen LogP contribution is 2.27. The van der Waals surface area contributed by atoms with Crippen molar-refractivity contribution in [3.63, 3.8) is 0 Å². The highest BCUT2D eigenvalue weighted by molar-refractivity contribution is 6.04. The van der Waals surface area contributed by atoms with Crippen LogP contribution in [0.1, 0.15) is 53.3 Å². The van der Waals surface area contributed by atoms with Gasteiger partial charge in [0.1, 0.15) is 0 Å². The third-order valence-corrected chi connectivity index (χ3v) is 6.71. The normalized spacial score (nSPS) is 17.9. The highest BCUT2D eigenvalue weighted by Gasteiger charge is 2.23. The number of benzene rings is 2. The molecule has 1 aliphatic carbocycles. The van der Waals surface area contributed by atoms with Crippen LogP contribution in [0.2, 0.25) is 0 Å². The van der Waals surface area contributed by atoms with Gasteiger partial charge in [0, 0.05) is 51.8 Å². The molecule has 3 N–H and O–H groups in total. The van der Waals surface area contributed by atoms with Gasteiger partial charge in [-0.2, -0.15) is 0 Å². The molecule has 2 unspecified atom stereocenters. The maximum Gasteiger partial charge on any atom is 0.255 e. The summed E-state index contributed by atoms with van der Waals surface area (Å²) in [5.74, 6) is 0.352. The molecule has 1 aliphatic rings. The van der Waals surface area contributed by atoms with E-state index in [1.807, 2.05) is 42.5 Å². The zero-order valence-corrected chi connectivity index (χ0v) is 19.2. The van der Waals surface area contributed by atoms with Gasteiger partial charge in [0.2, 0.25) is 0 Å². The molecule has 1 fully saturated rings. The number of hydrogen-bond acceptors (Lipinski definition) is 3. The average molecular weight is 453 g/mol. The molecule has 34 heavy (non-hydrogen) atoms. The number of nitrogens with one attached hydrogen (secondary N) is 3. The number of anilines is 1. The van der Waals surface area contributed by atoms with Gasteiger partial charge < -0.3 is 15.6 Å². The molecule has 2 aromatic heterocycles. The maximum atomic E-state index is 12.8. The number of aromatic nitrogens is 2. The number of nitrogens with zero attached hydrogens (tertiary/aromatic N) is 1. The molecule has 2 atom stereocenters. The van der Waals surface area contributed by atoms with Crippen LogP contribution >= 0.6 is 0 Å². The van der Waals surface area contributed by atoms with Crippen molar-refractivity contribution in [2.75, 3.05) is 5.32 Å². The van der Waals surface area contributed by atoms with Gasteiger partial charge in [-0.15, -0.1) is 0 Å². The van der Waals surface area contributed by atoms with E-state index in [9.17, 15) is 9.59 Å². The fraction of sp³-hybridized carbons (Fsp3) is 0.250. The number of carbonyl (C=O) groups is 2. The van der Waals surface area contributed by atoms with Crippen LogP contribution in [0.5, 0.6) is 0 Å². The van der Waals surface area contributed by atoms with Crippen LogP contribution in [0.4, 0.5) is 5.69 Å². The highest BCUT2D eigenvalue weighted by atomic mass is 16.2. The van der Waals surface area contributed by atoms with Gasteiger partial charge in [0.15, 0.2) is 0 Å². The van der Waals surface area contributed by atoms with E-state index in [1.54, 1.807) is 24.5 Å². The number of rotatable bonds is 5. The summed E-state index contributed by atoms with van der Waals surface area (Å²) < 4.78 is 0. The molecular formula is C28H28N4O2. The Kier molecular flexibility index (Phi) is 6.12. The first-order valence-corrected chi connectivity index (χ1v) is 11.8. The predicted molar refractivity (Wildman–Crippen MR) is 135 cm³/mol. The van der Waals surface area contributed by atoms with Gasteiger partial charge in [-0.25, -0.2) is 0 Å². The number of aromatic amines is 1. The van der Waals surface area contributed by atoms with Crippen molar-refractivity contribution in [3.8, 4) is 11.3 Å². The third kappa shape index (κ3) is 4.71. The van der Waals surface area contributed by atoms with E-state index in [0.29, 0.717) is 17.0 Å². The molecule has 2 aromatic carbocycles. The molecule has 6 heteroatoms.